The summed E-state index contributed by atoms with van der Waals surface area (Å²) in [4.78, 5) is 38.3. The largest absolute Gasteiger partial charge is 0.462 e. The molecule has 0 saturated heterocycles. The van der Waals surface area contributed by atoms with Crippen molar-refractivity contribution in [3.63, 3.8) is 0 Å². The van der Waals surface area contributed by atoms with Gasteiger partial charge in [-0.3, -0.25) is 14.4 Å². The van der Waals surface area contributed by atoms with Gasteiger partial charge in [-0.25, -0.2) is 0 Å². The molecule has 0 spiro atoms. The quantitative estimate of drug-likeness (QED) is 0.0261. The van der Waals surface area contributed by atoms with Gasteiger partial charge in [-0.2, -0.15) is 0 Å². The highest BCUT2D eigenvalue weighted by Crippen LogP contribution is 2.14. The normalized spacial score (nSPS) is 13.1. The average molecular weight is 1060 g/mol. The van der Waals surface area contributed by atoms with Gasteiger partial charge in [0.05, 0.1) is 0 Å². The Morgan fingerprint density at radius 2 is 0.506 bits per heavy atom. The first-order valence-electron chi connectivity index (χ1n) is 31.3. The van der Waals surface area contributed by atoms with E-state index in [1.807, 2.05) is 0 Å². The second-order valence-corrected chi connectivity index (χ2v) is 20.2. The molecule has 1 unspecified atom stereocenters. The SMILES string of the molecule is CC/C=C\C/C=C\C/C=C\C/C=C\C/C=C\C/C=C\CCCCC(=O)OCC(COC(=O)CCCCCCCCCCC/C=C\C/C=C\CCCCC)OC(=O)CCCCCCCC/C=C\C/C=C\C/C=C\C/C=C\CC. The molecule has 0 aliphatic heterocycles. The molecule has 0 aromatic carbocycles. The van der Waals surface area contributed by atoms with E-state index in [4.69, 9.17) is 14.2 Å². The number of rotatable bonds is 55. The van der Waals surface area contributed by atoms with Crippen LogP contribution in [0.3, 0.4) is 0 Å². The van der Waals surface area contributed by atoms with Gasteiger partial charge >= 0.3 is 17.9 Å². The van der Waals surface area contributed by atoms with Crippen molar-refractivity contribution in [2.45, 2.75) is 271 Å². The first-order chi connectivity index (χ1) is 38.0. The standard InChI is InChI=1S/C71H114O6/c1-4-7-10-13-16-19-22-25-28-31-34-35-38-40-43-46-49-52-55-58-61-64-70(73)76-67-68(77-71(74)65-62-59-56-53-50-47-44-41-37-33-30-27-24-21-18-15-12-9-6-3)66-75-69(72)63-60-57-54-51-48-45-42-39-36-32-29-26-23-20-17-14-11-8-5-2/h7,9-10,12,16-21,25-30,34-35,37,40-41,43,49,52,68H,4-6,8,11,13-15,22-24,31-33,36,38-39,42,44-48,50-51,53-67H2,1-3H3/b10-7-,12-9-,19-16-,20-17-,21-18-,28-25-,29-26-,30-27-,35-34-,41-37-,43-40-,52-49-. The van der Waals surface area contributed by atoms with Gasteiger partial charge in [0.1, 0.15) is 13.2 Å². The zero-order valence-electron chi connectivity index (χ0n) is 49.7. The third-order valence-corrected chi connectivity index (χ3v) is 12.8. The van der Waals surface area contributed by atoms with Crippen LogP contribution in [0.4, 0.5) is 0 Å². The fourth-order valence-electron chi connectivity index (χ4n) is 8.17. The predicted octanol–water partition coefficient (Wildman–Crippen LogP) is 21.5. The Labute approximate surface area is 474 Å². The van der Waals surface area contributed by atoms with E-state index in [0.717, 1.165) is 135 Å². The molecule has 0 saturated carbocycles. The van der Waals surface area contributed by atoms with Crippen LogP contribution in [0.15, 0.2) is 146 Å². The molecule has 1 atom stereocenters. The lowest BCUT2D eigenvalue weighted by atomic mass is 10.1. The van der Waals surface area contributed by atoms with Crippen molar-refractivity contribution in [3.05, 3.63) is 146 Å². The van der Waals surface area contributed by atoms with Crippen molar-refractivity contribution in [2.24, 2.45) is 0 Å². The van der Waals surface area contributed by atoms with Crippen LogP contribution in [0.2, 0.25) is 0 Å². The molecule has 434 valence electrons. The van der Waals surface area contributed by atoms with Gasteiger partial charge in [0, 0.05) is 19.3 Å². The predicted molar refractivity (Wildman–Crippen MR) is 334 cm³/mol. The fraction of sp³-hybridized carbons (Fsp3) is 0.620. The van der Waals surface area contributed by atoms with Crippen LogP contribution in [0.1, 0.15) is 265 Å². The molecule has 6 nitrogen and oxygen atoms in total. The van der Waals surface area contributed by atoms with Gasteiger partial charge < -0.3 is 14.2 Å². The first kappa shape index (κ1) is 72.3. The molecule has 0 aromatic heterocycles. The maximum absolute atomic E-state index is 12.9. The van der Waals surface area contributed by atoms with Crippen LogP contribution in [-0.2, 0) is 28.6 Å². The number of allylic oxidation sites excluding steroid dienone is 24. The number of hydrogen-bond acceptors (Lipinski definition) is 6. The minimum Gasteiger partial charge on any atom is -0.462 e. The molecule has 0 amide bonds. The van der Waals surface area contributed by atoms with E-state index >= 15 is 0 Å². The summed E-state index contributed by atoms with van der Waals surface area (Å²) in [5, 5.41) is 0. The lowest BCUT2D eigenvalue weighted by Crippen LogP contribution is -2.30. The van der Waals surface area contributed by atoms with Crippen LogP contribution in [-0.4, -0.2) is 37.2 Å². The summed E-state index contributed by atoms with van der Waals surface area (Å²) in [6.07, 6.45) is 91.2. The number of unbranched alkanes of at least 4 members (excludes halogenated alkanes) is 20. The molecule has 0 rings (SSSR count). The van der Waals surface area contributed by atoms with Crippen molar-refractivity contribution < 1.29 is 28.6 Å². The topological polar surface area (TPSA) is 78.9 Å². The van der Waals surface area contributed by atoms with Gasteiger partial charge in [0.25, 0.3) is 0 Å². The summed E-state index contributed by atoms with van der Waals surface area (Å²) in [5.41, 5.74) is 0. The number of esters is 3. The highest BCUT2D eigenvalue weighted by molar-refractivity contribution is 5.71. The molecule has 6 heteroatoms. The van der Waals surface area contributed by atoms with Crippen LogP contribution in [0, 0.1) is 0 Å². The van der Waals surface area contributed by atoms with E-state index in [-0.39, 0.29) is 31.1 Å². The second-order valence-electron chi connectivity index (χ2n) is 20.2. The highest BCUT2D eigenvalue weighted by Gasteiger charge is 2.19. The van der Waals surface area contributed by atoms with Gasteiger partial charge in [0.15, 0.2) is 6.10 Å². The summed E-state index contributed by atoms with van der Waals surface area (Å²) in [5.74, 6) is -0.969. The number of ether oxygens (including phenoxy) is 3. The summed E-state index contributed by atoms with van der Waals surface area (Å²) in [7, 11) is 0. The summed E-state index contributed by atoms with van der Waals surface area (Å²) in [6.45, 7) is 6.34. The van der Waals surface area contributed by atoms with Gasteiger partial charge in [-0.1, -0.05) is 250 Å². The Bertz CT molecular complexity index is 1700. The Balaban J connectivity index is 4.53. The molecule has 0 aliphatic rings. The lowest BCUT2D eigenvalue weighted by Gasteiger charge is -2.18. The van der Waals surface area contributed by atoms with Gasteiger partial charge in [-0.15, -0.1) is 0 Å². The van der Waals surface area contributed by atoms with Crippen LogP contribution in [0.25, 0.3) is 0 Å². The van der Waals surface area contributed by atoms with Crippen molar-refractivity contribution in [3.8, 4) is 0 Å². The monoisotopic (exact) mass is 1060 g/mol. The van der Waals surface area contributed by atoms with Crippen molar-refractivity contribution in [1.29, 1.82) is 0 Å². The van der Waals surface area contributed by atoms with Crippen molar-refractivity contribution >= 4 is 17.9 Å². The smallest absolute Gasteiger partial charge is 0.306 e. The third-order valence-electron chi connectivity index (χ3n) is 12.8. The lowest BCUT2D eigenvalue weighted by molar-refractivity contribution is -0.167. The third kappa shape index (κ3) is 62.0. The van der Waals surface area contributed by atoms with Crippen LogP contribution < -0.4 is 0 Å². The highest BCUT2D eigenvalue weighted by atomic mass is 16.6. The Hall–Kier alpha value is -4.71. The molecular formula is C71H114O6. The Kier molecular flexibility index (Phi) is 59.9. The molecule has 77 heavy (non-hydrogen) atoms. The van der Waals surface area contributed by atoms with Crippen molar-refractivity contribution in [2.75, 3.05) is 13.2 Å². The number of hydrogen-bond donors (Lipinski definition) is 0. The summed E-state index contributed by atoms with van der Waals surface area (Å²) in [6, 6.07) is 0. The summed E-state index contributed by atoms with van der Waals surface area (Å²) >= 11 is 0. The van der Waals surface area contributed by atoms with Gasteiger partial charge in [-0.05, 0) is 141 Å². The Morgan fingerprint density at radius 1 is 0.273 bits per heavy atom. The minimum absolute atomic E-state index is 0.105. The molecule has 0 bridgehead atoms. The summed E-state index contributed by atoms with van der Waals surface area (Å²) < 4.78 is 16.9. The van der Waals surface area contributed by atoms with Crippen molar-refractivity contribution in [1.82, 2.24) is 0 Å². The first-order valence-corrected chi connectivity index (χ1v) is 31.3. The zero-order chi connectivity index (χ0) is 55.7. The maximum Gasteiger partial charge on any atom is 0.306 e. The van der Waals surface area contributed by atoms with E-state index in [1.54, 1.807) is 0 Å². The fourth-order valence-corrected chi connectivity index (χ4v) is 8.17. The molecule has 0 N–H and O–H groups in total. The van der Waals surface area contributed by atoms with E-state index < -0.39 is 6.10 Å². The van der Waals surface area contributed by atoms with E-state index in [9.17, 15) is 14.4 Å². The molecule has 0 fully saturated rings. The Morgan fingerprint density at radius 3 is 0.818 bits per heavy atom. The molecule has 0 aliphatic carbocycles. The number of carbonyl (C=O) groups is 3. The van der Waals surface area contributed by atoms with Gasteiger partial charge in [0.2, 0.25) is 0 Å². The van der Waals surface area contributed by atoms with Crippen LogP contribution in [0.5, 0.6) is 0 Å². The van der Waals surface area contributed by atoms with E-state index in [2.05, 4.69) is 167 Å². The van der Waals surface area contributed by atoms with E-state index in [0.29, 0.717) is 25.7 Å². The van der Waals surface area contributed by atoms with E-state index in [1.165, 1.54) is 83.5 Å². The maximum atomic E-state index is 12.9. The second kappa shape index (κ2) is 63.8. The molecule has 0 heterocycles. The minimum atomic E-state index is -0.814. The van der Waals surface area contributed by atoms with Crippen LogP contribution >= 0.6 is 0 Å². The molecule has 0 radical (unpaired) electrons. The number of carbonyl (C=O) groups excluding carboxylic acids is 3. The molecule has 0 aromatic rings. The zero-order valence-corrected chi connectivity index (χ0v) is 49.7. The average Bonchev–Trinajstić information content (AvgIpc) is 3.43. The molecular weight excluding hydrogens is 949 g/mol.